The number of fused-ring (bicyclic) bond motifs is 6. The largest absolute Gasteiger partial charge is 0.456 e. The van der Waals surface area contributed by atoms with Crippen molar-refractivity contribution in [3.05, 3.63) is 206 Å². The van der Waals surface area contributed by atoms with E-state index in [0.717, 1.165) is 49.4 Å². The Hall–Kier alpha value is -7.22. The Kier molecular flexibility index (Phi) is 5.59. The maximum Gasteiger partial charge on any atom is 0.135 e. The molecule has 1 aromatic heterocycles. The van der Waals surface area contributed by atoms with Gasteiger partial charge in [-0.25, -0.2) is 0 Å². The number of hydrogen-bond acceptors (Lipinski definition) is 1. The zero-order valence-electron chi connectivity index (χ0n) is 37.4. The molecule has 11 aromatic rings. The van der Waals surface area contributed by atoms with Gasteiger partial charge in [0.25, 0.3) is 0 Å². The second-order valence-corrected chi connectivity index (χ2v) is 13.8. The van der Waals surface area contributed by atoms with E-state index in [0.29, 0.717) is 33.4 Å². The first-order valence-electron chi connectivity index (χ1n) is 22.3. The minimum absolute atomic E-state index is 0.151. The van der Waals surface area contributed by atoms with Crippen molar-refractivity contribution in [3.63, 3.8) is 0 Å². The molecule has 55 heavy (non-hydrogen) atoms. The van der Waals surface area contributed by atoms with Gasteiger partial charge in [0.1, 0.15) is 11.3 Å². The summed E-state index contributed by atoms with van der Waals surface area (Å²) in [6, 6.07) is 48.7. The van der Waals surface area contributed by atoms with Gasteiger partial charge in [0.2, 0.25) is 0 Å². The summed E-state index contributed by atoms with van der Waals surface area (Å²) in [5.74, 6) is 0.584. The van der Waals surface area contributed by atoms with Crippen molar-refractivity contribution in [3.8, 4) is 55.8 Å². The molecule has 0 saturated carbocycles. The molecule has 0 aliphatic carbocycles. The molecule has 256 valence electrons. The second kappa shape index (κ2) is 12.7. The van der Waals surface area contributed by atoms with E-state index in [1.807, 2.05) is 103 Å². The lowest BCUT2D eigenvalue weighted by molar-refractivity contribution is 0.631. The summed E-state index contributed by atoms with van der Waals surface area (Å²) in [4.78, 5) is 0. The van der Waals surface area contributed by atoms with E-state index in [1.54, 1.807) is 6.07 Å². The lowest BCUT2D eigenvalue weighted by atomic mass is 9.84. The van der Waals surface area contributed by atoms with Crippen LogP contribution in [0.4, 0.5) is 0 Å². The molecular formula is C54H34O. The molecule has 0 unspecified atom stereocenters. The Morgan fingerprint density at radius 1 is 0.327 bits per heavy atom. The molecule has 0 fully saturated rings. The van der Waals surface area contributed by atoms with Gasteiger partial charge in [-0.1, -0.05) is 176 Å². The van der Waals surface area contributed by atoms with Crippen LogP contribution >= 0.6 is 0 Å². The highest BCUT2D eigenvalue weighted by Gasteiger charge is 2.20. The molecule has 11 rings (SSSR count). The Balaban J connectivity index is 1.30. The van der Waals surface area contributed by atoms with Crippen molar-refractivity contribution >= 4 is 54.1 Å². The van der Waals surface area contributed by atoms with Crippen molar-refractivity contribution in [2.75, 3.05) is 0 Å². The van der Waals surface area contributed by atoms with Crippen LogP contribution < -0.4 is 0 Å². The predicted molar refractivity (Wildman–Crippen MR) is 233 cm³/mol. The third-order valence-electron chi connectivity index (χ3n) is 10.7. The lowest BCUT2D eigenvalue weighted by Gasteiger charge is -2.19. The standard InChI is InChI=1S/C54H34O/c1-3-15-35(16-4-1)37-20-13-21-38(31-37)48-32-39-19-7-8-22-41(39)42-30-29-40(33-49(42)48)53-43-23-9-11-25-45(43)54(46-26-12-10-24-44(46)53)47-27-14-28-51-50(47)34-52(55-51)36-17-5-2-6-18-36/h1-34H/i9D,10D,11D,12D,23D,24D,25D,26D. The smallest absolute Gasteiger partial charge is 0.135 e. The van der Waals surface area contributed by atoms with E-state index in [9.17, 15) is 5.48 Å². The van der Waals surface area contributed by atoms with Crippen LogP contribution in [0.3, 0.4) is 0 Å². The molecule has 0 amide bonds. The maximum absolute atomic E-state index is 9.60. The van der Waals surface area contributed by atoms with Gasteiger partial charge in [0.05, 0.1) is 11.0 Å². The van der Waals surface area contributed by atoms with E-state index < -0.39 is 24.2 Å². The zero-order chi connectivity index (χ0) is 43.3. The van der Waals surface area contributed by atoms with Gasteiger partial charge in [-0.15, -0.1) is 0 Å². The van der Waals surface area contributed by atoms with Crippen LogP contribution in [-0.4, -0.2) is 0 Å². The van der Waals surface area contributed by atoms with Gasteiger partial charge in [-0.3, -0.25) is 0 Å². The lowest BCUT2D eigenvalue weighted by Crippen LogP contribution is -1.92. The van der Waals surface area contributed by atoms with Crippen LogP contribution in [0.25, 0.3) is 110 Å². The summed E-state index contributed by atoms with van der Waals surface area (Å²) in [6.07, 6.45) is 0. The SMILES string of the molecule is [2H]c1c([2H])c([2H])c2c(-c3cccc4oc(-c5ccccc5)cc34)c3c([2H])c([2H])c([2H])c([2H])c3c(-c3ccc4c(c3)c(-c3cccc(-c5ccccc5)c3)cc3ccccc34)c2c1[2H]. The molecule has 1 heterocycles. The summed E-state index contributed by atoms with van der Waals surface area (Å²) in [5, 5.41) is 5.16. The highest BCUT2D eigenvalue weighted by molar-refractivity contribution is 6.24. The van der Waals surface area contributed by atoms with Gasteiger partial charge >= 0.3 is 0 Å². The third-order valence-corrected chi connectivity index (χ3v) is 10.7. The van der Waals surface area contributed by atoms with Crippen LogP contribution in [0.2, 0.25) is 0 Å². The fourth-order valence-corrected chi connectivity index (χ4v) is 8.20. The molecule has 10 aromatic carbocycles. The Bertz CT molecular complexity index is 3630. The van der Waals surface area contributed by atoms with Crippen LogP contribution in [-0.2, 0) is 0 Å². The molecule has 1 heteroatoms. The fraction of sp³-hybridized carbons (Fsp3) is 0. The maximum atomic E-state index is 9.60. The fourth-order valence-electron chi connectivity index (χ4n) is 8.20. The van der Waals surface area contributed by atoms with E-state index in [4.69, 9.17) is 9.90 Å². The molecule has 0 aliphatic heterocycles. The normalized spacial score (nSPS) is 13.7. The third kappa shape index (κ3) is 5.16. The van der Waals surface area contributed by atoms with E-state index in [1.165, 1.54) is 0 Å². The second-order valence-electron chi connectivity index (χ2n) is 13.8. The van der Waals surface area contributed by atoms with Crippen LogP contribution in [0, 0.1) is 0 Å². The van der Waals surface area contributed by atoms with Crippen molar-refractivity contribution in [2.24, 2.45) is 0 Å². The monoisotopic (exact) mass is 706 g/mol. The number of hydrogen-bond donors (Lipinski definition) is 0. The Morgan fingerprint density at radius 3 is 1.69 bits per heavy atom. The number of rotatable bonds is 5. The van der Waals surface area contributed by atoms with Gasteiger partial charge in [-0.2, -0.15) is 0 Å². The topological polar surface area (TPSA) is 13.1 Å². The van der Waals surface area contributed by atoms with Crippen molar-refractivity contribution in [2.45, 2.75) is 0 Å². The van der Waals surface area contributed by atoms with Gasteiger partial charge in [0.15, 0.2) is 0 Å². The first-order chi connectivity index (χ1) is 30.6. The number of benzene rings is 10. The minimum atomic E-state index is -0.449. The summed E-state index contributed by atoms with van der Waals surface area (Å²) in [5.41, 5.74) is 7.03. The Labute approximate surface area is 330 Å². The molecule has 0 radical (unpaired) electrons. The first kappa shape index (κ1) is 24.2. The highest BCUT2D eigenvalue weighted by Crippen LogP contribution is 2.47. The van der Waals surface area contributed by atoms with Crippen molar-refractivity contribution < 1.29 is 15.4 Å². The molecule has 0 bridgehead atoms. The quantitative estimate of drug-likeness (QED) is 0.128. The number of furan rings is 1. The van der Waals surface area contributed by atoms with Crippen molar-refractivity contribution in [1.29, 1.82) is 0 Å². The summed E-state index contributed by atoms with van der Waals surface area (Å²) in [6.45, 7) is 0. The average molecular weight is 707 g/mol. The van der Waals surface area contributed by atoms with Crippen LogP contribution in [0.5, 0.6) is 0 Å². The first-order valence-corrected chi connectivity index (χ1v) is 18.3. The van der Waals surface area contributed by atoms with Gasteiger partial charge in [-0.05, 0) is 118 Å². The molecule has 0 saturated heterocycles. The van der Waals surface area contributed by atoms with Crippen molar-refractivity contribution in [1.82, 2.24) is 0 Å². The predicted octanol–water partition coefficient (Wildman–Crippen LogP) is 15.4. The molecule has 1 nitrogen and oxygen atoms in total. The van der Waals surface area contributed by atoms with E-state index in [-0.39, 0.29) is 51.3 Å². The van der Waals surface area contributed by atoms with E-state index >= 15 is 0 Å². The van der Waals surface area contributed by atoms with Crippen LogP contribution in [0.1, 0.15) is 11.0 Å². The summed E-state index contributed by atoms with van der Waals surface area (Å²) >= 11 is 0. The zero-order valence-corrected chi connectivity index (χ0v) is 29.4. The van der Waals surface area contributed by atoms with E-state index in [2.05, 4.69) is 48.5 Å². The van der Waals surface area contributed by atoms with Gasteiger partial charge < -0.3 is 4.42 Å². The Morgan fingerprint density at radius 2 is 0.945 bits per heavy atom. The summed E-state index contributed by atoms with van der Waals surface area (Å²) in [7, 11) is 0. The highest BCUT2D eigenvalue weighted by atomic mass is 16.3. The van der Waals surface area contributed by atoms with Crippen LogP contribution in [0.15, 0.2) is 210 Å². The summed E-state index contributed by atoms with van der Waals surface area (Å²) < 4.78 is 80.7. The molecule has 0 aliphatic rings. The minimum Gasteiger partial charge on any atom is -0.456 e. The molecule has 0 atom stereocenters. The van der Waals surface area contributed by atoms with Gasteiger partial charge in [0, 0.05) is 10.9 Å². The molecule has 0 N–H and O–H groups in total. The average Bonchev–Trinajstić information content (AvgIpc) is 3.78. The molecular weight excluding hydrogens is 665 g/mol. The molecule has 0 spiro atoms.